The number of carbonyl (C=O) groups excluding carboxylic acids is 1. The molecule has 0 bridgehead atoms. The summed E-state index contributed by atoms with van der Waals surface area (Å²) in [5.74, 6) is -0.413. The lowest BCUT2D eigenvalue weighted by Crippen LogP contribution is -2.20. The van der Waals surface area contributed by atoms with Crippen LogP contribution in [0.15, 0.2) is 69.9 Å². The molecule has 0 saturated carbocycles. The molecule has 0 atom stereocenters. The van der Waals surface area contributed by atoms with Crippen molar-refractivity contribution in [3.8, 4) is 6.07 Å². The lowest BCUT2D eigenvalue weighted by molar-refractivity contribution is 0.102. The zero-order chi connectivity index (χ0) is 19.2. The molecule has 1 aromatic heterocycles. The predicted molar refractivity (Wildman–Crippen MR) is 109 cm³/mol. The van der Waals surface area contributed by atoms with Crippen molar-refractivity contribution in [3.63, 3.8) is 0 Å². The molecule has 0 fully saturated rings. The monoisotopic (exact) mass is 419 g/mol. The van der Waals surface area contributed by atoms with Crippen molar-refractivity contribution < 1.29 is 4.79 Å². The van der Waals surface area contributed by atoms with Gasteiger partial charge in [-0.05, 0) is 42.0 Å². The van der Waals surface area contributed by atoms with Crippen LogP contribution < -0.4 is 10.9 Å². The maximum absolute atomic E-state index is 12.7. The quantitative estimate of drug-likeness (QED) is 0.655. The van der Waals surface area contributed by atoms with E-state index in [1.54, 1.807) is 36.4 Å². The standard InChI is InChI=1S/C21H14BrN3O2/c22-16-9-6-14(7-10-16)8-11-19-18(12-15(13-23)20(26)25-19)21(27)24-17-4-2-1-3-5-17/h1-12H,(H,24,27)(H,25,26)/b11-8+. The van der Waals surface area contributed by atoms with Crippen molar-refractivity contribution in [1.29, 1.82) is 5.26 Å². The topological polar surface area (TPSA) is 85.8 Å². The van der Waals surface area contributed by atoms with Gasteiger partial charge in [-0.2, -0.15) is 5.26 Å². The van der Waals surface area contributed by atoms with Crippen LogP contribution in [0.4, 0.5) is 5.69 Å². The number of amides is 1. The highest BCUT2D eigenvalue weighted by atomic mass is 79.9. The highest BCUT2D eigenvalue weighted by Gasteiger charge is 2.14. The molecule has 0 aliphatic heterocycles. The number of aromatic nitrogens is 1. The van der Waals surface area contributed by atoms with Crippen LogP contribution in [-0.4, -0.2) is 10.9 Å². The number of hydrogen-bond acceptors (Lipinski definition) is 3. The number of rotatable bonds is 4. The Bertz CT molecular complexity index is 1100. The first-order valence-electron chi connectivity index (χ1n) is 8.04. The van der Waals surface area contributed by atoms with Gasteiger partial charge < -0.3 is 10.3 Å². The number of nitriles is 1. The summed E-state index contributed by atoms with van der Waals surface area (Å²) in [6, 6.07) is 19.6. The molecule has 0 unspecified atom stereocenters. The van der Waals surface area contributed by atoms with Gasteiger partial charge in [0.1, 0.15) is 11.6 Å². The Morgan fingerprint density at radius 2 is 1.78 bits per heavy atom. The molecule has 1 heterocycles. The van der Waals surface area contributed by atoms with Gasteiger partial charge in [0, 0.05) is 10.2 Å². The second-order valence-electron chi connectivity index (χ2n) is 5.66. The van der Waals surface area contributed by atoms with Gasteiger partial charge in [0.2, 0.25) is 0 Å². The minimum Gasteiger partial charge on any atom is -0.322 e. The fourth-order valence-electron chi connectivity index (χ4n) is 2.42. The van der Waals surface area contributed by atoms with Crippen LogP contribution in [0.25, 0.3) is 12.2 Å². The highest BCUT2D eigenvalue weighted by Crippen LogP contribution is 2.16. The first kappa shape index (κ1) is 18.4. The molecule has 3 rings (SSSR count). The van der Waals surface area contributed by atoms with Crippen molar-refractivity contribution in [2.45, 2.75) is 0 Å². The maximum atomic E-state index is 12.7. The molecule has 0 radical (unpaired) electrons. The van der Waals surface area contributed by atoms with Crippen molar-refractivity contribution in [2.24, 2.45) is 0 Å². The van der Waals surface area contributed by atoms with Crippen LogP contribution in [0.2, 0.25) is 0 Å². The van der Waals surface area contributed by atoms with Crippen LogP contribution >= 0.6 is 15.9 Å². The van der Waals surface area contributed by atoms with Gasteiger partial charge in [-0.15, -0.1) is 0 Å². The summed E-state index contributed by atoms with van der Waals surface area (Å²) in [6.07, 6.45) is 3.43. The normalized spacial score (nSPS) is 10.5. The molecule has 2 aromatic carbocycles. The van der Waals surface area contributed by atoms with E-state index in [1.165, 1.54) is 6.07 Å². The van der Waals surface area contributed by atoms with Gasteiger partial charge in [-0.25, -0.2) is 0 Å². The van der Waals surface area contributed by atoms with E-state index in [0.717, 1.165) is 10.0 Å². The van der Waals surface area contributed by atoms with Gasteiger partial charge in [-0.3, -0.25) is 9.59 Å². The van der Waals surface area contributed by atoms with E-state index < -0.39 is 11.5 Å². The molecule has 0 aliphatic carbocycles. The number of benzene rings is 2. The number of H-pyrrole nitrogens is 1. The number of nitrogens with one attached hydrogen (secondary N) is 2. The Labute approximate surface area is 164 Å². The number of anilines is 1. The van der Waals surface area contributed by atoms with Crippen LogP contribution in [-0.2, 0) is 0 Å². The summed E-state index contributed by atoms with van der Waals surface area (Å²) in [5.41, 5.74) is 1.41. The number of halogens is 1. The molecule has 2 N–H and O–H groups in total. The van der Waals surface area contributed by atoms with Crippen molar-refractivity contribution in [1.82, 2.24) is 4.98 Å². The maximum Gasteiger partial charge on any atom is 0.266 e. The molecule has 27 heavy (non-hydrogen) atoms. The van der Waals surface area contributed by atoms with Crippen LogP contribution in [0.3, 0.4) is 0 Å². The average molecular weight is 420 g/mol. The minimum atomic E-state index is -0.538. The first-order chi connectivity index (χ1) is 13.1. The number of para-hydroxylation sites is 1. The molecule has 132 valence electrons. The van der Waals surface area contributed by atoms with E-state index in [1.807, 2.05) is 36.4 Å². The van der Waals surface area contributed by atoms with E-state index in [0.29, 0.717) is 11.4 Å². The SMILES string of the molecule is N#Cc1cc(C(=O)Nc2ccccc2)c(/C=C/c2ccc(Br)cc2)[nH]c1=O. The summed E-state index contributed by atoms with van der Waals surface area (Å²) >= 11 is 3.37. The van der Waals surface area contributed by atoms with E-state index in [2.05, 4.69) is 26.2 Å². The minimum absolute atomic E-state index is 0.117. The van der Waals surface area contributed by atoms with Gasteiger partial charge in [0.15, 0.2) is 0 Å². The van der Waals surface area contributed by atoms with Crippen molar-refractivity contribution in [3.05, 3.63) is 97.9 Å². The van der Waals surface area contributed by atoms with Gasteiger partial charge >= 0.3 is 0 Å². The zero-order valence-corrected chi connectivity index (χ0v) is 15.7. The van der Waals surface area contributed by atoms with Crippen LogP contribution in [0.5, 0.6) is 0 Å². The molecule has 3 aromatic rings. The summed E-state index contributed by atoms with van der Waals surface area (Å²) in [6.45, 7) is 0. The molecule has 5 nitrogen and oxygen atoms in total. The van der Waals surface area contributed by atoms with Gasteiger partial charge in [0.05, 0.1) is 11.3 Å². The molecular formula is C21H14BrN3O2. The van der Waals surface area contributed by atoms with Gasteiger partial charge in [0.25, 0.3) is 11.5 Å². The molecule has 0 aliphatic rings. The van der Waals surface area contributed by atoms with E-state index >= 15 is 0 Å². The molecule has 0 spiro atoms. The van der Waals surface area contributed by atoms with Crippen LogP contribution in [0.1, 0.15) is 27.2 Å². The molecular weight excluding hydrogens is 406 g/mol. The fourth-order valence-corrected chi connectivity index (χ4v) is 2.68. The second kappa shape index (κ2) is 8.30. The lowest BCUT2D eigenvalue weighted by Gasteiger charge is -2.08. The van der Waals surface area contributed by atoms with E-state index in [9.17, 15) is 9.59 Å². The summed E-state index contributed by atoms with van der Waals surface area (Å²) in [7, 11) is 0. The van der Waals surface area contributed by atoms with E-state index in [-0.39, 0.29) is 11.1 Å². The summed E-state index contributed by atoms with van der Waals surface area (Å²) in [5, 5.41) is 11.9. The highest BCUT2D eigenvalue weighted by molar-refractivity contribution is 9.10. The Morgan fingerprint density at radius 1 is 1.07 bits per heavy atom. The Hall–Kier alpha value is -3.43. The third kappa shape index (κ3) is 4.60. The average Bonchev–Trinajstić information content (AvgIpc) is 2.68. The lowest BCUT2D eigenvalue weighted by atomic mass is 10.1. The predicted octanol–water partition coefficient (Wildman–Crippen LogP) is 4.43. The Balaban J connectivity index is 1.98. The first-order valence-corrected chi connectivity index (χ1v) is 8.83. The number of nitrogens with zero attached hydrogens (tertiary/aromatic N) is 1. The number of pyridine rings is 1. The third-order valence-electron chi connectivity index (χ3n) is 3.78. The Morgan fingerprint density at radius 3 is 2.44 bits per heavy atom. The van der Waals surface area contributed by atoms with Crippen molar-refractivity contribution in [2.75, 3.05) is 5.32 Å². The zero-order valence-electron chi connectivity index (χ0n) is 14.1. The number of aromatic amines is 1. The molecule has 0 saturated heterocycles. The van der Waals surface area contributed by atoms with Crippen molar-refractivity contribution >= 4 is 39.7 Å². The molecule has 6 heteroatoms. The molecule has 1 amide bonds. The van der Waals surface area contributed by atoms with E-state index in [4.69, 9.17) is 5.26 Å². The van der Waals surface area contributed by atoms with Gasteiger partial charge in [-0.1, -0.05) is 52.3 Å². The smallest absolute Gasteiger partial charge is 0.266 e. The number of hydrogen-bond donors (Lipinski definition) is 2. The van der Waals surface area contributed by atoms with Crippen LogP contribution in [0, 0.1) is 11.3 Å². The number of carbonyl (C=O) groups is 1. The Kier molecular flexibility index (Phi) is 5.64. The fraction of sp³-hybridized carbons (Fsp3) is 0. The largest absolute Gasteiger partial charge is 0.322 e. The summed E-state index contributed by atoms with van der Waals surface area (Å²) in [4.78, 5) is 27.3. The summed E-state index contributed by atoms with van der Waals surface area (Å²) < 4.78 is 0.953. The second-order valence-corrected chi connectivity index (χ2v) is 6.57. The third-order valence-corrected chi connectivity index (χ3v) is 4.31.